The average molecular weight is 337 g/mol. The van der Waals surface area contributed by atoms with Crippen LogP contribution in [0.2, 0.25) is 5.02 Å². The zero-order valence-corrected chi connectivity index (χ0v) is 12.2. The minimum Gasteiger partial charge on any atom is -0.319 e. The molecule has 2 aromatic carbocycles. The number of anilines is 1. The molecular formula is C16H8ClF3N2O. The van der Waals surface area contributed by atoms with Crippen molar-refractivity contribution >= 4 is 29.3 Å². The van der Waals surface area contributed by atoms with Gasteiger partial charge in [0.1, 0.15) is 29.1 Å². The van der Waals surface area contributed by atoms with Gasteiger partial charge in [0, 0.05) is 11.6 Å². The van der Waals surface area contributed by atoms with E-state index in [9.17, 15) is 18.0 Å². The summed E-state index contributed by atoms with van der Waals surface area (Å²) in [5, 5.41) is 11.2. The minimum atomic E-state index is -1.00. The Bertz CT molecular complexity index is 823. The van der Waals surface area contributed by atoms with E-state index in [2.05, 4.69) is 5.32 Å². The molecule has 0 radical (unpaired) electrons. The first kappa shape index (κ1) is 16.6. The lowest BCUT2D eigenvalue weighted by atomic mass is 10.1. The highest BCUT2D eigenvalue weighted by Crippen LogP contribution is 2.22. The summed E-state index contributed by atoms with van der Waals surface area (Å²) in [5.74, 6) is -3.50. The lowest BCUT2D eigenvalue weighted by Crippen LogP contribution is -2.14. The van der Waals surface area contributed by atoms with Gasteiger partial charge in [-0.05, 0) is 30.3 Å². The Morgan fingerprint density at radius 3 is 2.52 bits per heavy atom. The molecule has 1 N–H and O–H groups in total. The van der Waals surface area contributed by atoms with Crippen LogP contribution in [0.15, 0.2) is 42.0 Å². The number of halogens is 4. The standard InChI is InChI=1S/C16H8ClF3N2O/c17-12-2-1-3-13(19)11(12)6-9(8-21)16(23)22-15-5-4-10(18)7-14(15)20/h1-7H,(H,22,23)/b9-6-. The number of nitrogens with zero attached hydrogens (tertiary/aromatic N) is 1. The maximum atomic E-state index is 13.7. The maximum absolute atomic E-state index is 13.7. The van der Waals surface area contributed by atoms with Crippen LogP contribution in [0.1, 0.15) is 5.56 Å². The SMILES string of the molecule is N#C/C(=C/c1c(F)cccc1Cl)C(=O)Nc1ccc(F)cc1F. The number of rotatable bonds is 3. The van der Waals surface area contributed by atoms with Gasteiger partial charge in [0.2, 0.25) is 0 Å². The van der Waals surface area contributed by atoms with Crippen molar-refractivity contribution in [1.29, 1.82) is 5.26 Å². The average Bonchev–Trinajstić information content (AvgIpc) is 2.50. The number of carbonyl (C=O) groups is 1. The molecule has 0 atom stereocenters. The lowest BCUT2D eigenvalue weighted by molar-refractivity contribution is -0.112. The number of benzene rings is 2. The van der Waals surface area contributed by atoms with Crippen molar-refractivity contribution in [3.05, 3.63) is 70.0 Å². The first-order valence-electron chi connectivity index (χ1n) is 6.24. The van der Waals surface area contributed by atoms with E-state index in [1.54, 1.807) is 6.07 Å². The van der Waals surface area contributed by atoms with Crippen LogP contribution >= 0.6 is 11.6 Å². The number of hydrogen-bond acceptors (Lipinski definition) is 2. The van der Waals surface area contributed by atoms with E-state index in [-0.39, 0.29) is 16.3 Å². The summed E-state index contributed by atoms with van der Waals surface area (Å²) in [6.45, 7) is 0. The summed E-state index contributed by atoms with van der Waals surface area (Å²) in [5.41, 5.74) is -0.932. The zero-order valence-electron chi connectivity index (χ0n) is 11.4. The van der Waals surface area contributed by atoms with Gasteiger partial charge in [0.05, 0.1) is 10.7 Å². The van der Waals surface area contributed by atoms with Crippen molar-refractivity contribution < 1.29 is 18.0 Å². The molecule has 0 fully saturated rings. The first-order valence-corrected chi connectivity index (χ1v) is 6.62. The first-order chi connectivity index (χ1) is 10.9. The molecule has 7 heteroatoms. The minimum absolute atomic E-state index is 0.0125. The van der Waals surface area contributed by atoms with Crippen molar-refractivity contribution in [1.82, 2.24) is 0 Å². The quantitative estimate of drug-likeness (QED) is 0.671. The van der Waals surface area contributed by atoms with Crippen LogP contribution in [0.4, 0.5) is 18.9 Å². The number of hydrogen-bond donors (Lipinski definition) is 1. The van der Waals surface area contributed by atoms with E-state index in [1.165, 1.54) is 12.1 Å². The Labute approximate surface area is 134 Å². The van der Waals surface area contributed by atoms with Gasteiger partial charge in [-0.15, -0.1) is 0 Å². The molecule has 0 aliphatic carbocycles. The third-order valence-corrected chi connectivity index (χ3v) is 3.16. The van der Waals surface area contributed by atoms with Crippen LogP contribution in [0.3, 0.4) is 0 Å². The predicted molar refractivity (Wildman–Crippen MR) is 80.0 cm³/mol. The van der Waals surface area contributed by atoms with Gasteiger partial charge in [-0.2, -0.15) is 5.26 Å². The second kappa shape index (κ2) is 6.99. The Balaban J connectivity index is 2.32. The Morgan fingerprint density at radius 1 is 1.17 bits per heavy atom. The van der Waals surface area contributed by atoms with E-state index in [1.807, 2.05) is 0 Å². The largest absolute Gasteiger partial charge is 0.319 e. The summed E-state index contributed by atoms with van der Waals surface area (Å²) in [7, 11) is 0. The second-order valence-electron chi connectivity index (χ2n) is 4.38. The normalized spacial score (nSPS) is 11.0. The maximum Gasteiger partial charge on any atom is 0.266 e. The lowest BCUT2D eigenvalue weighted by Gasteiger charge is -2.06. The molecule has 0 aromatic heterocycles. The van der Waals surface area contributed by atoms with Gasteiger partial charge in [-0.1, -0.05) is 17.7 Å². The highest BCUT2D eigenvalue weighted by molar-refractivity contribution is 6.32. The number of nitrogens with one attached hydrogen (secondary N) is 1. The van der Waals surface area contributed by atoms with Crippen molar-refractivity contribution in [2.45, 2.75) is 0 Å². The smallest absolute Gasteiger partial charge is 0.266 e. The molecule has 0 unspecified atom stereocenters. The molecule has 2 aromatic rings. The van der Waals surface area contributed by atoms with E-state index in [4.69, 9.17) is 16.9 Å². The topological polar surface area (TPSA) is 52.9 Å². The van der Waals surface area contributed by atoms with Crippen molar-refractivity contribution in [3.8, 4) is 6.07 Å². The fraction of sp³-hybridized carbons (Fsp3) is 0. The van der Waals surface area contributed by atoms with Crippen molar-refractivity contribution in [3.63, 3.8) is 0 Å². The molecule has 0 saturated heterocycles. The summed E-state index contributed by atoms with van der Waals surface area (Å²) in [6, 6.07) is 8.00. The molecule has 0 aliphatic rings. The molecule has 0 bridgehead atoms. The molecule has 23 heavy (non-hydrogen) atoms. The van der Waals surface area contributed by atoms with E-state index < -0.39 is 28.9 Å². The summed E-state index contributed by atoms with van der Waals surface area (Å²) in [4.78, 5) is 12.0. The van der Waals surface area contributed by atoms with E-state index in [0.717, 1.165) is 24.3 Å². The number of carbonyl (C=O) groups excluding carboxylic acids is 1. The van der Waals surface area contributed by atoms with Gasteiger partial charge in [-0.3, -0.25) is 4.79 Å². The van der Waals surface area contributed by atoms with Gasteiger partial charge in [-0.25, -0.2) is 13.2 Å². The third-order valence-electron chi connectivity index (χ3n) is 2.83. The number of nitriles is 1. The Kier molecular flexibility index (Phi) is 5.04. The molecule has 3 nitrogen and oxygen atoms in total. The molecule has 0 aliphatic heterocycles. The van der Waals surface area contributed by atoms with Gasteiger partial charge in [0.15, 0.2) is 0 Å². The Morgan fingerprint density at radius 2 is 1.91 bits per heavy atom. The van der Waals surface area contributed by atoms with E-state index in [0.29, 0.717) is 6.07 Å². The van der Waals surface area contributed by atoms with Gasteiger partial charge in [0.25, 0.3) is 5.91 Å². The third kappa shape index (κ3) is 3.90. The van der Waals surface area contributed by atoms with E-state index >= 15 is 0 Å². The molecule has 0 heterocycles. The molecule has 0 spiro atoms. The fourth-order valence-electron chi connectivity index (χ4n) is 1.72. The molecule has 1 amide bonds. The van der Waals surface area contributed by atoms with Crippen LogP contribution in [-0.4, -0.2) is 5.91 Å². The van der Waals surface area contributed by atoms with Crippen LogP contribution in [-0.2, 0) is 4.79 Å². The highest BCUT2D eigenvalue weighted by atomic mass is 35.5. The monoisotopic (exact) mass is 336 g/mol. The van der Waals surface area contributed by atoms with Gasteiger partial charge < -0.3 is 5.32 Å². The summed E-state index contributed by atoms with van der Waals surface area (Å²) in [6.07, 6.45) is 0.953. The zero-order chi connectivity index (χ0) is 17.0. The molecule has 116 valence electrons. The summed E-state index contributed by atoms with van der Waals surface area (Å²) < 4.78 is 40.0. The highest BCUT2D eigenvalue weighted by Gasteiger charge is 2.14. The predicted octanol–water partition coefficient (Wildman–Crippen LogP) is 4.30. The van der Waals surface area contributed by atoms with Crippen LogP contribution in [0, 0.1) is 28.8 Å². The number of amides is 1. The molecule has 0 saturated carbocycles. The van der Waals surface area contributed by atoms with Crippen molar-refractivity contribution in [2.24, 2.45) is 0 Å². The molecule has 2 rings (SSSR count). The van der Waals surface area contributed by atoms with Crippen molar-refractivity contribution in [2.75, 3.05) is 5.32 Å². The fourth-order valence-corrected chi connectivity index (χ4v) is 1.94. The van der Waals surface area contributed by atoms with Crippen LogP contribution < -0.4 is 5.32 Å². The summed E-state index contributed by atoms with van der Waals surface area (Å²) >= 11 is 5.81. The van der Waals surface area contributed by atoms with Crippen LogP contribution in [0.5, 0.6) is 0 Å². The Hall–Kier alpha value is -2.78. The molecular weight excluding hydrogens is 329 g/mol. The second-order valence-corrected chi connectivity index (χ2v) is 4.79. The van der Waals surface area contributed by atoms with Crippen LogP contribution in [0.25, 0.3) is 6.08 Å². The van der Waals surface area contributed by atoms with Gasteiger partial charge >= 0.3 is 0 Å².